The minimum Gasteiger partial charge on any atom is -0.372 e. The van der Waals surface area contributed by atoms with E-state index in [0.717, 1.165) is 0 Å². The Labute approximate surface area is 89.5 Å². The number of aldehydes is 1. The Morgan fingerprint density at radius 3 is 1.93 bits per heavy atom. The normalized spacial score (nSPS) is 11.5. The largest absolute Gasteiger partial charge is 0.372 e. The van der Waals surface area contributed by atoms with Crippen molar-refractivity contribution in [2.24, 2.45) is 0 Å². The van der Waals surface area contributed by atoms with Gasteiger partial charge in [0.05, 0.1) is 0 Å². The summed E-state index contributed by atoms with van der Waals surface area (Å²) in [5, 5.41) is 13.9. The molecule has 0 spiro atoms. The molecule has 0 bridgehead atoms. The Morgan fingerprint density at radius 2 is 1.64 bits per heavy atom. The number of hydrogen-bond acceptors (Lipinski definition) is 4. The molecule has 0 radical (unpaired) electrons. The van der Waals surface area contributed by atoms with E-state index < -0.39 is 5.60 Å². The molecule has 0 aliphatic carbocycles. The lowest BCUT2D eigenvalue weighted by Gasteiger charge is -2.17. The number of aliphatic hydroxyl groups is 1. The van der Waals surface area contributed by atoms with Gasteiger partial charge in [0.1, 0.15) is 0 Å². The molecule has 1 N–H and O–H groups in total. The third kappa shape index (κ3) is 1.41. The van der Waals surface area contributed by atoms with Crippen LogP contribution in [0.25, 0.3) is 0 Å². The molecule has 0 amide bonds. The second-order valence-corrected chi connectivity index (χ2v) is 4.73. The van der Waals surface area contributed by atoms with Gasteiger partial charge in [0.2, 0.25) is 0 Å². The molecule has 2 aromatic heterocycles. The highest BCUT2D eigenvalue weighted by molar-refractivity contribution is 7.12. The van der Waals surface area contributed by atoms with Gasteiger partial charge in [-0.05, 0) is 22.9 Å². The summed E-state index contributed by atoms with van der Waals surface area (Å²) in [6.07, 6.45) is 0.588. The van der Waals surface area contributed by atoms with Crippen molar-refractivity contribution in [3.63, 3.8) is 0 Å². The molecular formula is C10H8O2S2. The molecule has 0 fully saturated rings. The Bertz CT molecular complexity index is 369. The Balaban J connectivity index is 2.51. The van der Waals surface area contributed by atoms with Crippen LogP contribution in [0.1, 0.15) is 9.75 Å². The summed E-state index contributed by atoms with van der Waals surface area (Å²) in [4.78, 5) is 12.3. The second kappa shape index (κ2) is 3.65. The summed E-state index contributed by atoms with van der Waals surface area (Å²) in [6.45, 7) is 0. The minimum absolute atomic E-state index is 0.588. The third-order valence-electron chi connectivity index (χ3n) is 1.96. The SMILES string of the molecule is O=CC(O)(c1cccs1)c1cccs1. The first-order valence-corrected chi connectivity index (χ1v) is 5.80. The highest BCUT2D eigenvalue weighted by Crippen LogP contribution is 2.33. The van der Waals surface area contributed by atoms with Gasteiger partial charge in [-0.3, -0.25) is 4.79 Å². The van der Waals surface area contributed by atoms with E-state index >= 15 is 0 Å². The fourth-order valence-electron chi connectivity index (χ4n) is 1.23. The van der Waals surface area contributed by atoms with Gasteiger partial charge in [0.15, 0.2) is 11.9 Å². The van der Waals surface area contributed by atoms with Crippen LogP contribution >= 0.6 is 22.7 Å². The molecule has 14 heavy (non-hydrogen) atoms. The number of carbonyl (C=O) groups is 1. The second-order valence-electron chi connectivity index (χ2n) is 2.84. The average molecular weight is 224 g/mol. The Morgan fingerprint density at radius 1 is 1.14 bits per heavy atom. The summed E-state index contributed by atoms with van der Waals surface area (Å²) >= 11 is 2.76. The number of hydrogen-bond donors (Lipinski definition) is 1. The highest BCUT2D eigenvalue weighted by Gasteiger charge is 2.33. The van der Waals surface area contributed by atoms with Crippen molar-refractivity contribution in [1.29, 1.82) is 0 Å². The Kier molecular flexibility index (Phi) is 2.50. The van der Waals surface area contributed by atoms with Gasteiger partial charge in [-0.25, -0.2) is 0 Å². The van der Waals surface area contributed by atoms with Crippen LogP contribution in [-0.4, -0.2) is 11.4 Å². The van der Waals surface area contributed by atoms with E-state index in [1.54, 1.807) is 12.1 Å². The lowest BCUT2D eigenvalue weighted by atomic mass is 10.0. The predicted molar refractivity (Wildman–Crippen MR) is 57.7 cm³/mol. The molecule has 72 valence electrons. The number of thiophene rings is 2. The summed E-state index contributed by atoms with van der Waals surface area (Å²) in [5.74, 6) is 0. The number of carbonyl (C=O) groups excluding carboxylic acids is 1. The lowest BCUT2D eigenvalue weighted by Crippen LogP contribution is -2.26. The van der Waals surface area contributed by atoms with Crippen molar-refractivity contribution < 1.29 is 9.90 Å². The van der Waals surface area contributed by atoms with Gasteiger partial charge in [-0.1, -0.05) is 12.1 Å². The van der Waals surface area contributed by atoms with Gasteiger partial charge in [-0.15, -0.1) is 22.7 Å². The zero-order valence-electron chi connectivity index (χ0n) is 7.21. The van der Waals surface area contributed by atoms with Crippen molar-refractivity contribution in [2.75, 3.05) is 0 Å². The van der Waals surface area contributed by atoms with E-state index in [-0.39, 0.29) is 0 Å². The highest BCUT2D eigenvalue weighted by atomic mass is 32.1. The van der Waals surface area contributed by atoms with Crippen molar-refractivity contribution in [3.8, 4) is 0 Å². The maximum atomic E-state index is 11.0. The first-order chi connectivity index (χ1) is 6.77. The van der Waals surface area contributed by atoms with E-state index in [2.05, 4.69) is 0 Å². The maximum Gasteiger partial charge on any atom is 0.189 e. The van der Waals surface area contributed by atoms with Crippen molar-refractivity contribution in [3.05, 3.63) is 44.8 Å². The van der Waals surface area contributed by atoms with Crippen LogP contribution in [0, 0.1) is 0 Å². The van der Waals surface area contributed by atoms with Gasteiger partial charge < -0.3 is 5.11 Å². The van der Waals surface area contributed by atoms with Gasteiger partial charge in [0.25, 0.3) is 0 Å². The molecule has 0 saturated heterocycles. The fourth-order valence-corrected chi connectivity index (χ4v) is 2.89. The Hall–Kier alpha value is -0.970. The maximum absolute atomic E-state index is 11.0. The molecule has 2 aromatic rings. The van der Waals surface area contributed by atoms with Crippen LogP contribution in [0.15, 0.2) is 35.0 Å². The van der Waals surface area contributed by atoms with Crippen LogP contribution in [0.4, 0.5) is 0 Å². The summed E-state index contributed by atoms with van der Waals surface area (Å²) in [7, 11) is 0. The molecule has 2 heterocycles. The third-order valence-corrected chi connectivity index (χ3v) is 3.95. The minimum atomic E-state index is -1.46. The fraction of sp³-hybridized carbons (Fsp3) is 0.100. The molecule has 4 heteroatoms. The van der Waals surface area contributed by atoms with Crippen LogP contribution < -0.4 is 0 Å². The van der Waals surface area contributed by atoms with E-state index in [1.807, 2.05) is 22.9 Å². The molecule has 0 aliphatic heterocycles. The molecular weight excluding hydrogens is 216 g/mol. The smallest absolute Gasteiger partial charge is 0.189 e. The predicted octanol–water partition coefficient (Wildman–Crippen LogP) is 2.24. The summed E-state index contributed by atoms with van der Waals surface area (Å²) < 4.78 is 0. The molecule has 2 rings (SSSR count). The van der Waals surface area contributed by atoms with Crippen molar-refractivity contribution in [2.45, 2.75) is 5.60 Å². The standard InChI is InChI=1S/C10H8O2S2/c11-7-10(12,8-3-1-5-13-8)9-4-2-6-14-9/h1-7,12H. The zero-order valence-corrected chi connectivity index (χ0v) is 8.85. The molecule has 2 nitrogen and oxygen atoms in total. The van der Waals surface area contributed by atoms with E-state index in [4.69, 9.17) is 0 Å². The topological polar surface area (TPSA) is 37.3 Å². The van der Waals surface area contributed by atoms with Crippen LogP contribution in [-0.2, 0) is 10.4 Å². The molecule has 0 aromatic carbocycles. The van der Waals surface area contributed by atoms with Crippen LogP contribution in [0.3, 0.4) is 0 Å². The summed E-state index contributed by atoms with van der Waals surface area (Å²) in [6, 6.07) is 7.17. The quantitative estimate of drug-likeness (QED) is 0.812. The first kappa shape index (κ1) is 9.58. The van der Waals surface area contributed by atoms with E-state index in [0.29, 0.717) is 16.0 Å². The van der Waals surface area contributed by atoms with Crippen LogP contribution in [0.5, 0.6) is 0 Å². The van der Waals surface area contributed by atoms with Crippen molar-refractivity contribution in [1.82, 2.24) is 0 Å². The van der Waals surface area contributed by atoms with E-state index in [1.165, 1.54) is 22.7 Å². The van der Waals surface area contributed by atoms with Gasteiger partial charge >= 0.3 is 0 Å². The molecule has 0 saturated carbocycles. The number of rotatable bonds is 3. The molecule has 0 unspecified atom stereocenters. The average Bonchev–Trinajstić information content (AvgIpc) is 2.88. The zero-order chi connectivity index (χ0) is 10.0. The van der Waals surface area contributed by atoms with Crippen LogP contribution in [0.2, 0.25) is 0 Å². The molecule has 0 aliphatic rings. The molecule has 0 atom stereocenters. The lowest BCUT2D eigenvalue weighted by molar-refractivity contribution is -0.120. The summed E-state index contributed by atoms with van der Waals surface area (Å²) in [5.41, 5.74) is -1.46. The first-order valence-electron chi connectivity index (χ1n) is 4.04. The van der Waals surface area contributed by atoms with Gasteiger partial charge in [0, 0.05) is 9.75 Å². The van der Waals surface area contributed by atoms with Crippen molar-refractivity contribution >= 4 is 29.0 Å². The monoisotopic (exact) mass is 224 g/mol. The van der Waals surface area contributed by atoms with E-state index in [9.17, 15) is 9.90 Å². The van der Waals surface area contributed by atoms with Gasteiger partial charge in [-0.2, -0.15) is 0 Å².